The molecule has 1 aromatic rings. The third-order valence-electron chi connectivity index (χ3n) is 3.48. The van der Waals surface area contributed by atoms with Gasteiger partial charge in [0.25, 0.3) is 5.91 Å². The molecule has 0 radical (unpaired) electrons. The third kappa shape index (κ3) is 2.40. The van der Waals surface area contributed by atoms with Crippen LogP contribution in [0.3, 0.4) is 0 Å². The lowest BCUT2D eigenvalue weighted by Crippen LogP contribution is -2.44. The van der Waals surface area contributed by atoms with Crippen molar-refractivity contribution >= 4 is 11.6 Å². The molecule has 0 bridgehead atoms. The summed E-state index contributed by atoms with van der Waals surface area (Å²) in [7, 11) is 0. The Bertz CT molecular complexity index is 419. The van der Waals surface area contributed by atoms with Gasteiger partial charge >= 0.3 is 0 Å². The number of carbonyl (C=O) groups excluding carboxylic acids is 1. The van der Waals surface area contributed by atoms with E-state index in [2.05, 4.69) is 18.8 Å². The summed E-state index contributed by atoms with van der Waals surface area (Å²) in [4.78, 5) is 18.2. The minimum atomic E-state index is 0.0318. The zero-order valence-electron chi connectivity index (χ0n) is 10.4. The molecule has 2 unspecified atom stereocenters. The van der Waals surface area contributed by atoms with Gasteiger partial charge in [-0.2, -0.15) is 0 Å². The maximum absolute atomic E-state index is 12.4. The minimum absolute atomic E-state index is 0.0318. The van der Waals surface area contributed by atoms with E-state index in [1.165, 1.54) is 6.20 Å². The highest BCUT2D eigenvalue weighted by Gasteiger charge is 2.28. The highest BCUT2D eigenvalue weighted by atomic mass is 16.2. The lowest BCUT2D eigenvalue weighted by molar-refractivity contribution is 0.0589. The van der Waals surface area contributed by atoms with Gasteiger partial charge in [0.05, 0.1) is 17.4 Å². The number of piperidine rings is 1. The van der Waals surface area contributed by atoms with Gasteiger partial charge in [0, 0.05) is 18.8 Å². The molecule has 0 aliphatic carbocycles. The Kier molecular flexibility index (Phi) is 3.31. The molecule has 4 nitrogen and oxygen atoms in total. The first kappa shape index (κ1) is 11.9. The van der Waals surface area contributed by atoms with Crippen molar-refractivity contribution in [2.75, 3.05) is 12.3 Å². The largest absolute Gasteiger partial charge is 0.397 e. The SMILES string of the molecule is CC1CCN(C(=O)c2ccncc2N)C(C)C1. The summed E-state index contributed by atoms with van der Waals surface area (Å²) < 4.78 is 0. The zero-order chi connectivity index (χ0) is 12.4. The molecule has 0 saturated carbocycles. The second kappa shape index (κ2) is 4.73. The van der Waals surface area contributed by atoms with Crippen molar-refractivity contribution in [1.82, 2.24) is 9.88 Å². The van der Waals surface area contributed by atoms with E-state index in [1.54, 1.807) is 12.3 Å². The molecular weight excluding hydrogens is 214 g/mol. The van der Waals surface area contributed by atoms with Crippen LogP contribution in [-0.2, 0) is 0 Å². The van der Waals surface area contributed by atoms with E-state index >= 15 is 0 Å². The molecule has 1 aromatic heterocycles. The van der Waals surface area contributed by atoms with Crippen LogP contribution >= 0.6 is 0 Å². The maximum Gasteiger partial charge on any atom is 0.256 e. The normalized spacial score (nSPS) is 24.7. The number of nitrogen functional groups attached to an aromatic ring is 1. The smallest absolute Gasteiger partial charge is 0.256 e. The van der Waals surface area contributed by atoms with Crippen LogP contribution < -0.4 is 5.73 Å². The Balaban J connectivity index is 2.18. The van der Waals surface area contributed by atoms with Crippen molar-refractivity contribution in [2.24, 2.45) is 5.92 Å². The first-order chi connectivity index (χ1) is 8.09. The van der Waals surface area contributed by atoms with Gasteiger partial charge in [-0.05, 0) is 31.7 Å². The summed E-state index contributed by atoms with van der Waals surface area (Å²) in [5, 5.41) is 0. The Labute approximate surface area is 102 Å². The van der Waals surface area contributed by atoms with Gasteiger partial charge in [0.1, 0.15) is 0 Å². The number of likely N-dealkylation sites (tertiary alicyclic amines) is 1. The van der Waals surface area contributed by atoms with Crippen LogP contribution in [0, 0.1) is 5.92 Å². The number of rotatable bonds is 1. The van der Waals surface area contributed by atoms with Crippen molar-refractivity contribution < 1.29 is 4.79 Å². The fraction of sp³-hybridized carbons (Fsp3) is 0.538. The Morgan fingerprint density at radius 3 is 2.94 bits per heavy atom. The molecule has 2 N–H and O–H groups in total. The maximum atomic E-state index is 12.4. The van der Waals surface area contributed by atoms with Crippen molar-refractivity contribution in [3.63, 3.8) is 0 Å². The molecule has 1 aliphatic rings. The molecule has 2 atom stereocenters. The molecule has 1 fully saturated rings. The van der Waals surface area contributed by atoms with Gasteiger partial charge in [-0.3, -0.25) is 9.78 Å². The van der Waals surface area contributed by atoms with Crippen LogP contribution in [0.1, 0.15) is 37.0 Å². The zero-order valence-corrected chi connectivity index (χ0v) is 10.4. The first-order valence-corrected chi connectivity index (χ1v) is 6.10. The van der Waals surface area contributed by atoms with Gasteiger partial charge in [-0.1, -0.05) is 6.92 Å². The predicted molar refractivity (Wildman–Crippen MR) is 67.5 cm³/mol. The first-order valence-electron chi connectivity index (χ1n) is 6.10. The van der Waals surface area contributed by atoms with Crippen molar-refractivity contribution in [2.45, 2.75) is 32.7 Å². The monoisotopic (exact) mass is 233 g/mol. The number of nitrogens with zero attached hydrogens (tertiary/aromatic N) is 2. The third-order valence-corrected chi connectivity index (χ3v) is 3.48. The lowest BCUT2D eigenvalue weighted by atomic mass is 9.93. The topological polar surface area (TPSA) is 59.2 Å². The van der Waals surface area contributed by atoms with Crippen LogP contribution in [0.4, 0.5) is 5.69 Å². The minimum Gasteiger partial charge on any atom is -0.397 e. The van der Waals surface area contributed by atoms with Gasteiger partial charge in [-0.25, -0.2) is 0 Å². The van der Waals surface area contributed by atoms with E-state index in [-0.39, 0.29) is 5.91 Å². The number of hydrogen-bond donors (Lipinski definition) is 1. The molecule has 0 aromatic carbocycles. The standard InChI is InChI=1S/C13H19N3O/c1-9-4-6-16(10(2)7-9)13(17)11-3-5-15-8-12(11)14/h3,5,8-10H,4,6-7,14H2,1-2H3. The molecule has 4 heteroatoms. The van der Waals surface area contributed by atoms with Crippen molar-refractivity contribution in [1.29, 1.82) is 0 Å². The summed E-state index contributed by atoms with van der Waals surface area (Å²) in [5.74, 6) is 0.730. The summed E-state index contributed by atoms with van der Waals surface area (Å²) >= 11 is 0. The molecule has 1 saturated heterocycles. The average Bonchev–Trinajstić information content (AvgIpc) is 2.29. The fourth-order valence-corrected chi connectivity index (χ4v) is 2.47. The van der Waals surface area contributed by atoms with Gasteiger partial charge in [0.2, 0.25) is 0 Å². The molecular formula is C13H19N3O. The molecule has 1 aliphatic heterocycles. The van der Waals surface area contributed by atoms with Crippen LogP contribution in [0.2, 0.25) is 0 Å². The second-order valence-electron chi connectivity index (χ2n) is 4.94. The van der Waals surface area contributed by atoms with E-state index in [0.717, 1.165) is 19.4 Å². The van der Waals surface area contributed by atoms with Crippen LogP contribution in [0.5, 0.6) is 0 Å². The summed E-state index contributed by atoms with van der Waals surface area (Å²) in [5.41, 5.74) is 6.82. The Hall–Kier alpha value is -1.58. The van der Waals surface area contributed by atoms with Crippen LogP contribution in [0.15, 0.2) is 18.5 Å². The molecule has 17 heavy (non-hydrogen) atoms. The van der Waals surface area contributed by atoms with E-state index in [1.807, 2.05) is 4.90 Å². The van der Waals surface area contributed by atoms with E-state index in [4.69, 9.17) is 5.73 Å². The summed E-state index contributed by atoms with van der Waals surface area (Å²) in [6.45, 7) is 5.16. The van der Waals surface area contributed by atoms with Crippen molar-refractivity contribution in [3.05, 3.63) is 24.0 Å². The lowest BCUT2D eigenvalue weighted by Gasteiger charge is -2.36. The molecule has 2 rings (SSSR count). The van der Waals surface area contributed by atoms with Gasteiger partial charge in [0.15, 0.2) is 0 Å². The van der Waals surface area contributed by atoms with E-state index < -0.39 is 0 Å². The number of nitrogens with two attached hydrogens (primary N) is 1. The highest BCUT2D eigenvalue weighted by Crippen LogP contribution is 2.24. The fourth-order valence-electron chi connectivity index (χ4n) is 2.47. The number of amides is 1. The van der Waals surface area contributed by atoms with Crippen LogP contribution in [0.25, 0.3) is 0 Å². The summed E-state index contributed by atoms with van der Waals surface area (Å²) in [6, 6.07) is 1.99. The molecule has 0 spiro atoms. The average molecular weight is 233 g/mol. The highest BCUT2D eigenvalue weighted by molar-refractivity contribution is 5.99. The summed E-state index contributed by atoms with van der Waals surface area (Å²) in [6.07, 6.45) is 5.28. The molecule has 2 heterocycles. The van der Waals surface area contributed by atoms with E-state index in [9.17, 15) is 4.79 Å². The number of anilines is 1. The second-order valence-corrected chi connectivity index (χ2v) is 4.94. The van der Waals surface area contributed by atoms with Crippen LogP contribution in [-0.4, -0.2) is 28.4 Å². The molecule has 92 valence electrons. The van der Waals surface area contributed by atoms with Gasteiger partial charge in [-0.15, -0.1) is 0 Å². The number of pyridine rings is 1. The molecule has 1 amide bonds. The number of carbonyl (C=O) groups is 1. The number of hydrogen-bond acceptors (Lipinski definition) is 3. The Morgan fingerprint density at radius 2 is 2.29 bits per heavy atom. The predicted octanol–water partition coefficient (Wildman–Crippen LogP) is 1.92. The Morgan fingerprint density at radius 1 is 1.53 bits per heavy atom. The van der Waals surface area contributed by atoms with Gasteiger partial charge < -0.3 is 10.6 Å². The van der Waals surface area contributed by atoms with Crippen molar-refractivity contribution in [3.8, 4) is 0 Å². The van der Waals surface area contributed by atoms with E-state index in [0.29, 0.717) is 23.2 Å². The number of aromatic nitrogens is 1. The quantitative estimate of drug-likeness (QED) is 0.806.